The lowest BCUT2D eigenvalue weighted by Gasteiger charge is -2.27. The molecular weight excluding hydrogens is 328 g/mol. The largest absolute Gasteiger partial charge is 0.388 e. The van der Waals surface area contributed by atoms with Gasteiger partial charge in [-0.25, -0.2) is 4.79 Å². The van der Waals surface area contributed by atoms with Crippen LogP contribution in [-0.2, 0) is 6.42 Å². The summed E-state index contributed by atoms with van der Waals surface area (Å²) in [5, 5.41) is 15.5. The van der Waals surface area contributed by atoms with Crippen LogP contribution in [0.25, 0.3) is 0 Å². The Balaban J connectivity index is 2.21. The van der Waals surface area contributed by atoms with Gasteiger partial charge in [-0.3, -0.25) is 0 Å². The summed E-state index contributed by atoms with van der Waals surface area (Å²) in [4.78, 5) is 12.8. The van der Waals surface area contributed by atoms with E-state index in [0.29, 0.717) is 6.54 Å². The quantitative estimate of drug-likeness (QED) is 0.740. The normalized spacial score (nSPS) is 14.2. The maximum absolute atomic E-state index is 11.6. The fraction of sp³-hybridized carbons (Fsp3) is 0.615. The third-order valence-electron chi connectivity index (χ3n) is 3.14. The van der Waals surface area contributed by atoms with E-state index in [2.05, 4.69) is 26.6 Å². The van der Waals surface area contributed by atoms with Gasteiger partial charge in [0.15, 0.2) is 0 Å². The molecule has 0 saturated carbocycles. The van der Waals surface area contributed by atoms with E-state index in [9.17, 15) is 9.90 Å². The number of amides is 2. The van der Waals surface area contributed by atoms with Gasteiger partial charge in [-0.05, 0) is 47.3 Å². The summed E-state index contributed by atoms with van der Waals surface area (Å²) in [5.74, 6) is 0.0938. The number of carbonyl (C=O) groups excluding carboxylic acids is 1. The Morgan fingerprint density at radius 1 is 1.47 bits per heavy atom. The number of hydrogen-bond donors (Lipinski definition) is 3. The average Bonchev–Trinajstić information content (AvgIpc) is 2.72. The van der Waals surface area contributed by atoms with Crippen LogP contribution in [0.2, 0.25) is 0 Å². The highest BCUT2D eigenvalue weighted by molar-refractivity contribution is 9.11. The van der Waals surface area contributed by atoms with Crippen LogP contribution in [0.5, 0.6) is 0 Å². The van der Waals surface area contributed by atoms with Gasteiger partial charge in [0.1, 0.15) is 0 Å². The van der Waals surface area contributed by atoms with Crippen molar-refractivity contribution in [2.45, 2.75) is 32.8 Å². The molecule has 0 bridgehead atoms. The zero-order chi connectivity index (χ0) is 14.5. The Kier molecular flexibility index (Phi) is 6.29. The fourth-order valence-electron chi connectivity index (χ4n) is 1.31. The van der Waals surface area contributed by atoms with E-state index in [4.69, 9.17) is 0 Å². The molecule has 6 heteroatoms. The summed E-state index contributed by atoms with van der Waals surface area (Å²) in [7, 11) is 0. The Morgan fingerprint density at radius 3 is 2.68 bits per heavy atom. The maximum atomic E-state index is 11.6. The van der Waals surface area contributed by atoms with Gasteiger partial charge in [0, 0.05) is 18.0 Å². The zero-order valence-corrected chi connectivity index (χ0v) is 13.9. The molecule has 0 radical (unpaired) electrons. The van der Waals surface area contributed by atoms with Crippen molar-refractivity contribution in [2.24, 2.45) is 5.92 Å². The Hall–Kier alpha value is -0.590. The van der Waals surface area contributed by atoms with Gasteiger partial charge in [-0.2, -0.15) is 0 Å². The minimum atomic E-state index is -0.879. The van der Waals surface area contributed by atoms with E-state index >= 15 is 0 Å². The minimum absolute atomic E-state index is 0.0938. The number of thiophene rings is 1. The summed E-state index contributed by atoms with van der Waals surface area (Å²) in [5.41, 5.74) is -0.879. The molecule has 0 spiro atoms. The molecule has 108 valence electrons. The highest BCUT2D eigenvalue weighted by Gasteiger charge is 2.25. The molecule has 0 aromatic carbocycles. The third-order valence-corrected chi connectivity index (χ3v) is 4.82. The predicted octanol–water partition coefficient (Wildman–Crippen LogP) is 2.76. The third kappa shape index (κ3) is 5.93. The molecule has 2 amide bonds. The van der Waals surface area contributed by atoms with Crippen molar-refractivity contribution in [3.63, 3.8) is 0 Å². The van der Waals surface area contributed by atoms with E-state index in [0.717, 1.165) is 10.2 Å². The van der Waals surface area contributed by atoms with E-state index in [1.165, 1.54) is 4.88 Å². The number of rotatable bonds is 6. The van der Waals surface area contributed by atoms with Crippen molar-refractivity contribution in [3.05, 3.63) is 20.8 Å². The number of carbonyl (C=O) groups is 1. The molecule has 0 aliphatic heterocycles. The SMILES string of the molecule is CC(C)C(C)(O)CNC(=O)NCCc1ccc(Br)s1. The van der Waals surface area contributed by atoms with Crippen molar-refractivity contribution in [3.8, 4) is 0 Å². The van der Waals surface area contributed by atoms with Gasteiger partial charge in [0.05, 0.1) is 9.39 Å². The summed E-state index contributed by atoms with van der Waals surface area (Å²) in [6, 6.07) is 3.80. The lowest BCUT2D eigenvalue weighted by atomic mass is 9.93. The minimum Gasteiger partial charge on any atom is -0.388 e. The standard InChI is InChI=1S/C13H21BrN2O2S/c1-9(2)13(3,18)8-16-12(17)15-7-6-10-4-5-11(14)19-10/h4-5,9,18H,6-8H2,1-3H3,(H2,15,16,17). The Bertz CT molecular complexity index is 419. The number of aliphatic hydroxyl groups is 1. The number of hydrogen-bond acceptors (Lipinski definition) is 3. The second-order valence-electron chi connectivity index (χ2n) is 5.08. The molecule has 0 saturated heterocycles. The Morgan fingerprint density at radius 2 is 2.16 bits per heavy atom. The van der Waals surface area contributed by atoms with Crippen molar-refractivity contribution in [2.75, 3.05) is 13.1 Å². The first kappa shape index (κ1) is 16.5. The number of halogens is 1. The highest BCUT2D eigenvalue weighted by Crippen LogP contribution is 2.22. The van der Waals surface area contributed by atoms with E-state index in [1.54, 1.807) is 18.3 Å². The van der Waals surface area contributed by atoms with Gasteiger partial charge >= 0.3 is 6.03 Å². The van der Waals surface area contributed by atoms with Gasteiger partial charge in [0.2, 0.25) is 0 Å². The first-order valence-electron chi connectivity index (χ1n) is 6.29. The van der Waals surface area contributed by atoms with Gasteiger partial charge in [0.25, 0.3) is 0 Å². The number of nitrogens with one attached hydrogen (secondary N) is 2. The van der Waals surface area contributed by atoms with Gasteiger partial charge in [-0.1, -0.05) is 13.8 Å². The summed E-state index contributed by atoms with van der Waals surface area (Å²) >= 11 is 5.07. The fourth-order valence-corrected chi connectivity index (χ4v) is 2.79. The van der Waals surface area contributed by atoms with Crippen LogP contribution < -0.4 is 10.6 Å². The first-order valence-corrected chi connectivity index (χ1v) is 7.90. The molecule has 1 aromatic rings. The van der Waals surface area contributed by atoms with Gasteiger partial charge in [-0.15, -0.1) is 11.3 Å². The second kappa shape index (κ2) is 7.26. The maximum Gasteiger partial charge on any atom is 0.314 e. The van der Waals surface area contributed by atoms with E-state index in [1.807, 2.05) is 26.0 Å². The smallest absolute Gasteiger partial charge is 0.314 e. The lowest BCUT2D eigenvalue weighted by Crippen LogP contribution is -2.47. The molecule has 1 atom stereocenters. The van der Waals surface area contributed by atoms with Gasteiger partial charge < -0.3 is 15.7 Å². The van der Waals surface area contributed by atoms with Crippen molar-refractivity contribution >= 4 is 33.3 Å². The molecule has 1 aromatic heterocycles. The van der Waals surface area contributed by atoms with Crippen molar-refractivity contribution in [1.82, 2.24) is 10.6 Å². The average molecular weight is 349 g/mol. The highest BCUT2D eigenvalue weighted by atomic mass is 79.9. The predicted molar refractivity (Wildman–Crippen MR) is 82.6 cm³/mol. The van der Waals surface area contributed by atoms with E-state index < -0.39 is 5.60 Å². The molecule has 4 nitrogen and oxygen atoms in total. The summed E-state index contributed by atoms with van der Waals surface area (Å²) in [6.07, 6.45) is 0.810. The lowest BCUT2D eigenvalue weighted by molar-refractivity contribution is 0.0166. The summed E-state index contributed by atoms with van der Waals surface area (Å²) in [6.45, 7) is 6.41. The molecule has 1 heterocycles. The summed E-state index contributed by atoms with van der Waals surface area (Å²) < 4.78 is 1.10. The van der Waals surface area contributed by atoms with Crippen LogP contribution >= 0.6 is 27.3 Å². The molecular formula is C13H21BrN2O2S. The molecule has 1 unspecified atom stereocenters. The van der Waals surface area contributed by atoms with Crippen LogP contribution in [0.15, 0.2) is 15.9 Å². The number of urea groups is 1. The van der Waals surface area contributed by atoms with Crippen LogP contribution in [0, 0.1) is 5.92 Å². The zero-order valence-electron chi connectivity index (χ0n) is 11.5. The van der Waals surface area contributed by atoms with Crippen molar-refractivity contribution in [1.29, 1.82) is 0 Å². The van der Waals surface area contributed by atoms with Crippen LogP contribution in [0.4, 0.5) is 4.79 Å². The topological polar surface area (TPSA) is 61.4 Å². The Labute approximate surface area is 126 Å². The molecule has 3 N–H and O–H groups in total. The van der Waals surface area contributed by atoms with Crippen LogP contribution in [-0.4, -0.2) is 29.8 Å². The second-order valence-corrected chi connectivity index (χ2v) is 7.62. The molecule has 0 fully saturated rings. The first-order chi connectivity index (χ1) is 8.81. The molecule has 0 aliphatic carbocycles. The monoisotopic (exact) mass is 348 g/mol. The van der Waals surface area contributed by atoms with Crippen LogP contribution in [0.1, 0.15) is 25.6 Å². The van der Waals surface area contributed by atoms with E-state index in [-0.39, 0.29) is 18.5 Å². The molecule has 1 rings (SSSR count). The molecule has 0 aliphatic rings. The van der Waals surface area contributed by atoms with Crippen LogP contribution in [0.3, 0.4) is 0 Å². The van der Waals surface area contributed by atoms with Crippen molar-refractivity contribution < 1.29 is 9.90 Å². The molecule has 19 heavy (non-hydrogen) atoms.